The number of nitrogens with zero attached hydrogens (tertiary/aromatic N) is 3. The number of anilines is 3. The number of halogens is 1. The molecular formula is C29H20FN3O2S. The van der Waals surface area contributed by atoms with Crippen molar-refractivity contribution in [3.05, 3.63) is 106 Å². The highest BCUT2D eigenvalue weighted by molar-refractivity contribution is 7.17. The van der Waals surface area contributed by atoms with E-state index in [0.717, 1.165) is 31.5 Å². The Morgan fingerprint density at radius 1 is 0.917 bits per heavy atom. The molecule has 5 nitrogen and oxygen atoms in total. The van der Waals surface area contributed by atoms with E-state index in [-0.39, 0.29) is 11.4 Å². The van der Waals surface area contributed by atoms with Gasteiger partial charge in [-0.15, -0.1) is 11.3 Å². The number of imide groups is 1. The van der Waals surface area contributed by atoms with Gasteiger partial charge in [-0.05, 0) is 55.0 Å². The molecule has 3 aromatic carbocycles. The normalized spacial score (nSPS) is 15.1. The summed E-state index contributed by atoms with van der Waals surface area (Å²) in [6.45, 7) is 1.61. The van der Waals surface area contributed by atoms with Crippen LogP contribution in [0.3, 0.4) is 0 Å². The van der Waals surface area contributed by atoms with E-state index in [9.17, 15) is 19.2 Å². The molecule has 2 heterocycles. The maximum absolute atomic E-state index is 14.6. The van der Waals surface area contributed by atoms with E-state index in [2.05, 4.69) is 4.90 Å². The van der Waals surface area contributed by atoms with Crippen molar-refractivity contribution in [2.75, 3.05) is 11.9 Å². The predicted molar refractivity (Wildman–Crippen MR) is 141 cm³/mol. The van der Waals surface area contributed by atoms with E-state index >= 15 is 0 Å². The highest BCUT2D eigenvalue weighted by atomic mass is 32.1. The first-order chi connectivity index (χ1) is 17.4. The molecule has 0 aliphatic carbocycles. The fourth-order valence-corrected chi connectivity index (χ4v) is 5.27. The van der Waals surface area contributed by atoms with Crippen molar-refractivity contribution in [1.82, 2.24) is 4.90 Å². The Morgan fingerprint density at radius 2 is 1.61 bits per heavy atom. The third-order valence-corrected chi connectivity index (χ3v) is 7.18. The predicted octanol–water partition coefficient (Wildman–Crippen LogP) is 6.73. The third kappa shape index (κ3) is 3.88. The molecular weight excluding hydrogens is 473 g/mol. The molecule has 1 aliphatic rings. The van der Waals surface area contributed by atoms with Crippen LogP contribution in [-0.4, -0.2) is 23.8 Å². The van der Waals surface area contributed by atoms with Gasteiger partial charge in [0.2, 0.25) is 0 Å². The topological polar surface area (TPSA) is 64.4 Å². The van der Waals surface area contributed by atoms with Crippen LogP contribution in [0.15, 0.2) is 95.6 Å². The molecule has 0 saturated carbocycles. The average molecular weight is 494 g/mol. The number of hydrogen-bond donors (Lipinski definition) is 0. The summed E-state index contributed by atoms with van der Waals surface area (Å²) in [7, 11) is 1.37. The van der Waals surface area contributed by atoms with E-state index in [0.29, 0.717) is 16.5 Å². The van der Waals surface area contributed by atoms with Crippen LogP contribution >= 0.6 is 11.3 Å². The zero-order chi connectivity index (χ0) is 25.4. The number of fused-ring (bicyclic) bond motifs is 1. The van der Waals surface area contributed by atoms with Gasteiger partial charge in [0.15, 0.2) is 0 Å². The summed E-state index contributed by atoms with van der Waals surface area (Å²) in [5.41, 5.74) is 2.35. The molecule has 0 radical (unpaired) electrons. The van der Waals surface area contributed by atoms with Crippen molar-refractivity contribution in [2.45, 2.75) is 6.92 Å². The average Bonchev–Trinajstić information content (AvgIpc) is 3.36. The van der Waals surface area contributed by atoms with Crippen LogP contribution in [0, 0.1) is 17.1 Å². The number of carbonyl (C=O) groups is 2. The van der Waals surface area contributed by atoms with Crippen LogP contribution in [0.4, 0.5) is 20.8 Å². The molecule has 0 fully saturated rings. The van der Waals surface area contributed by atoms with Gasteiger partial charge < -0.3 is 4.90 Å². The molecule has 176 valence electrons. The fourth-order valence-electron chi connectivity index (χ4n) is 4.28. The number of nitriles is 1. The van der Waals surface area contributed by atoms with Crippen molar-refractivity contribution in [3.63, 3.8) is 0 Å². The molecule has 36 heavy (non-hydrogen) atoms. The van der Waals surface area contributed by atoms with E-state index in [1.54, 1.807) is 25.1 Å². The van der Waals surface area contributed by atoms with Crippen molar-refractivity contribution in [3.8, 4) is 6.07 Å². The fraction of sp³-hybridized carbons (Fsp3) is 0.0690. The number of rotatable bonds is 4. The molecule has 7 heteroatoms. The Balaban J connectivity index is 1.65. The van der Waals surface area contributed by atoms with Gasteiger partial charge in [-0.3, -0.25) is 14.5 Å². The smallest absolute Gasteiger partial charge is 0.271 e. The number of thiophene rings is 1. The molecule has 5 rings (SSSR count). The first-order valence-electron chi connectivity index (χ1n) is 11.2. The Hall–Kier alpha value is -4.54. The van der Waals surface area contributed by atoms with E-state index in [1.807, 2.05) is 66.7 Å². The van der Waals surface area contributed by atoms with E-state index < -0.39 is 11.8 Å². The molecule has 0 saturated heterocycles. The quantitative estimate of drug-likeness (QED) is 0.234. The molecule has 0 N–H and O–H groups in total. The summed E-state index contributed by atoms with van der Waals surface area (Å²) in [6, 6.07) is 26.1. The standard InChI is InChI=1S/C29H20FN3O2S/c1-18-23(28(34)32(2)29(35)24(18)17-31)16-20-12-15-27(36-20)33(19-8-4-3-5-9-19)26-14-13-25(30)21-10-6-7-11-22(21)26/h3-16H,1-2H3/b23-16+. The summed E-state index contributed by atoms with van der Waals surface area (Å²) in [6.07, 6.45) is 1.71. The molecule has 0 spiro atoms. The zero-order valence-corrected chi connectivity index (χ0v) is 20.3. The van der Waals surface area contributed by atoms with Crippen molar-refractivity contribution >= 4 is 56.4 Å². The monoisotopic (exact) mass is 493 g/mol. The van der Waals surface area contributed by atoms with E-state index in [4.69, 9.17) is 0 Å². The molecule has 0 unspecified atom stereocenters. The van der Waals surface area contributed by atoms with E-state index in [1.165, 1.54) is 24.5 Å². The van der Waals surface area contributed by atoms with Gasteiger partial charge in [0.25, 0.3) is 11.8 Å². The second kappa shape index (κ2) is 9.25. The van der Waals surface area contributed by atoms with Crippen molar-refractivity contribution in [2.24, 2.45) is 0 Å². The molecule has 2 amide bonds. The lowest BCUT2D eigenvalue weighted by molar-refractivity contribution is -0.138. The van der Waals surface area contributed by atoms with Crippen LogP contribution in [0.25, 0.3) is 16.8 Å². The van der Waals surface area contributed by atoms with Gasteiger partial charge in [0.1, 0.15) is 22.5 Å². The second-order valence-corrected chi connectivity index (χ2v) is 9.39. The zero-order valence-electron chi connectivity index (χ0n) is 19.5. The Kier molecular flexibility index (Phi) is 5.96. The molecule has 0 bridgehead atoms. The number of carbonyl (C=O) groups excluding carboxylic acids is 2. The van der Waals surface area contributed by atoms with Crippen LogP contribution in [0.2, 0.25) is 0 Å². The summed E-state index contributed by atoms with van der Waals surface area (Å²) < 4.78 is 14.6. The Bertz CT molecular complexity index is 1630. The van der Waals surface area contributed by atoms with Gasteiger partial charge in [-0.2, -0.15) is 5.26 Å². The van der Waals surface area contributed by atoms with Crippen LogP contribution < -0.4 is 4.90 Å². The third-order valence-electron chi connectivity index (χ3n) is 6.17. The maximum Gasteiger partial charge on any atom is 0.271 e. The molecule has 4 aromatic rings. The highest BCUT2D eigenvalue weighted by Crippen LogP contribution is 2.43. The lowest BCUT2D eigenvalue weighted by Gasteiger charge is -2.25. The van der Waals surface area contributed by atoms with Gasteiger partial charge >= 0.3 is 0 Å². The Morgan fingerprint density at radius 3 is 2.33 bits per heavy atom. The number of benzene rings is 3. The molecule has 1 aromatic heterocycles. The molecule has 1 aliphatic heterocycles. The second-order valence-electron chi connectivity index (χ2n) is 8.30. The number of hydrogen-bond acceptors (Lipinski definition) is 5. The summed E-state index contributed by atoms with van der Waals surface area (Å²) in [5, 5.41) is 11.6. The van der Waals surface area contributed by atoms with Crippen molar-refractivity contribution < 1.29 is 14.0 Å². The SMILES string of the molecule is CC1=C(C#N)C(=O)N(C)C(=O)/C1=C/c1ccc(N(c2ccccc2)c2ccc(F)c3ccccc23)s1. The van der Waals surface area contributed by atoms with Gasteiger partial charge in [-0.25, -0.2) is 4.39 Å². The van der Waals surface area contributed by atoms with Crippen LogP contribution in [0.1, 0.15) is 11.8 Å². The summed E-state index contributed by atoms with van der Waals surface area (Å²) >= 11 is 1.45. The first kappa shape index (κ1) is 23.2. The minimum atomic E-state index is -0.595. The number of amides is 2. The van der Waals surface area contributed by atoms with Gasteiger partial charge in [-0.1, -0.05) is 42.5 Å². The Labute approximate surface area is 211 Å². The lowest BCUT2D eigenvalue weighted by atomic mass is 9.95. The summed E-state index contributed by atoms with van der Waals surface area (Å²) in [5.74, 6) is -1.33. The maximum atomic E-state index is 14.6. The van der Waals surface area contributed by atoms with Crippen LogP contribution in [0.5, 0.6) is 0 Å². The summed E-state index contributed by atoms with van der Waals surface area (Å²) in [4.78, 5) is 28.9. The number of para-hydroxylation sites is 1. The first-order valence-corrected chi connectivity index (χ1v) is 12.0. The van der Waals surface area contributed by atoms with Gasteiger partial charge in [0.05, 0.1) is 5.69 Å². The van der Waals surface area contributed by atoms with Gasteiger partial charge in [0, 0.05) is 34.0 Å². The van der Waals surface area contributed by atoms with Crippen molar-refractivity contribution in [1.29, 1.82) is 5.26 Å². The highest BCUT2D eigenvalue weighted by Gasteiger charge is 2.33. The number of likely N-dealkylation sites (N-methyl/N-ethyl adjacent to an activating group) is 1. The van der Waals surface area contributed by atoms with Crippen LogP contribution in [-0.2, 0) is 9.59 Å². The largest absolute Gasteiger partial charge is 0.301 e. The lowest BCUT2D eigenvalue weighted by Crippen LogP contribution is -2.39. The minimum Gasteiger partial charge on any atom is -0.301 e. The minimum absolute atomic E-state index is 0.0381. The molecule has 0 atom stereocenters.